The minimum atomic E-state index is -0.715. The molecule has 3 heteroatoms. The van der Waals surface area contributed by atoms with Gasteiger partial charge in [0.05, 0.1) is 0 Å². The largest absolute Gasteiger partial charge is 0.481 e. The van der Waals surface area contributed by atoms with Gasteiger partial charge in [-0.25, -0.2) is 0 Å². The Bertz CT molecular complexity index is 143. The number of carbonyl (C=O) groups is 1. The van der Waals surface area contributed by atoms with E-state index in [-0.39, 0.29) is 12.3 Å². The van der Waals surface area contributed by atoms with Crippen LogP contribution in [0.4, 0.5) is 0 Å². The minimum absolute atomic E-state index is 0.223. The highest BCUT2D eigenvalue weighted by Crippen LogP contribution is 2.34. The van der Waals surface area contributed by atoms with Crippen molar-refractivity contribution in [1.82, 2.24) is 0 Å². The normalized spacial score (nSPS) is 20.8. The van der Waals surface area contributed by atoms with Gasteiger partial charge in [-0.2, -0.15) is 0 Å². The molecule has 64 valence electrons. The highest BCUT2D eigenvalue weighted by atomic mass is 16.4. The van der Waals surface area contributed by atoms with Crippen LogP contribution in [0.2, 0.25) is 0 Å². The molecule has 1 saturated carbocycles. The van der Waals surface area contributed by atoms with Crippen LogP contribution in [0.25, 0.3) is 0 Å². The second-order valence-corrected chi connectivity index (χ2v) is 3.28. The molecule has 0 aromatic rings. The lowest BCUT2D eigenvalue weighted by atomic mass is 9.74. The molecular weight excluding hydrogens is 142 g/mol. The Morgan fingerprint density at radius 3 is 2.55 bits per heavy atom. The fourth-order valence-electron chi connectivity index (χ4n) is 1.58. The van der Waals surface area contributed by atoms with Gasteiger partial charge >= 0.3 is 5.97 Å². The van der Waals surface area contributed by atoms with Crippen LogP contribution >= 0.6 is 0 Å². The number of carboxylic acid groups (broad SMARTS) is 1. The molecule has 0 aliphatic heterocycles. The third-order valence-electron chi connectivity index (χ3n) is 2.56. The summed E-state index contributed by atoms with van der Waals surface area (Å²) in [5.41, 5.74) is 5.47. The molecule has 3 N–H and O–H groups in total. The van der Waals surface area contributed by atoms with Gasteiger partial charge in [-0.05, 0) is 18.4 Å². The number of hydrogen-bond acceptors (Lipinski definition) is 2. The van der Waals surface area contributed by atoms with Crippen molar-refractivity contribution in [2.24, 2.45) is 17.6 Å². The van der Waals surface area contributed by atoms with Crippen LogP contribution in [-0.2, 0) is 4.79 Å². The summed E-state index contributed by atoms with van der Waals surface area (Å²) >= 11 is 0. The fraction of sp³-hybridized carbons (Fsp3) is 0.875. The summed E-state index contributed by atoms with van der Waals surface area (Å²) in [7, 11) is 0. The predicted octanol–water partition coefficient (Wildman–Crippen LogP) is 0.836. The van der Waals surface area contributed by atoms with Crippen molar-refractivity contribution in [2.75, 3.05) is 6.54 Å². The zero-order valence-electron chi connectivity index (χ0n) is 6.62. The Hall–Kier alpha value is -0.570. The highest BCUT2D eigenvalue weighted by Gasteiger charge is 2.27. The van der Waals surface area contributed by atoms with E-state index >= 15 is 0 Å². The maximum Gasteiger partial charge on any atom is 0.303 e. The summed E-state index contributed by atoms with van der Waals surface area (Å²) in [4.78, 5) is 10.4. The monoisotopic (exact) mass is 157 g/mol. The maximum absolute atomic E-state index is 10.4. The van der Waals surface area contributed by atoms with Crippen molar-refractivity contribution in [2.45, 2.75) is 25.7 Å². The smallest absolute Gasteiger partial charge is 0.303 e. The molecule has 3 nitrogen and oxygen atoms in total. The predicted molar refractivity (Wildman–Crippen MR) is 42.1 cm³/mol. The van der Waals surface area contributed by atoms with Gasteiger partial charge in [-0.15, -0.1) is 0 Å². The van der Waals surface area contributed by atoms with E-state index in [2.05, 4.69) is 0 Å². The van der Waals surface area contributed by atoms with Gasteiger partial charge < -0.3 is 10.8 Å². The Balaban J connectivity index is 2.29. The van der Waals surface area contributed by atoms with Crippen molar-refractivity contribution in [3.63, 3.8) is 0 Å². The summed E-state index contributed by atoms with van der Waals surface area (Å²) in [6.07, 6.45) is 3.85. The summed E-state index contributed by atoms with van der Waals surface area (Å²) < 4.78 is 0. The van der Waals surface area contributed by atoms with E-state index in [4.69, 9.17) is 10.8 Å². The molecule has 11 heavy (non-hydrogen) atoms. The first-order valence-corrected chi connectivity index (χ1v) is 4.16. The Morgan fingerprint density at radius 2 is 2.27 bits per heavy atom. The number of aliphatic carboxylic acids is 1. The van der Waals surface area contributed by atoms with Crippen molar-refractivity contribution < 1.29 is 9.90 Å². The first-order valence-electron chi connectivity index (χ1n) is 4.16. The van der Waals surface area contributed by atoms with Gasteiger partial charge in [0.25, 0.3) is 0 Å². The van der Waals surface area contributed by atoms with Gasteiger partial charge in [0, 0.05) is 6.42 Å². The minimum Gasteiger partial charge on any atom is -0.481 e. The zero-order chi connectivity index (χ0) is 8.27. The lowest BCUT2D eigenvalue weighted by Gasteiger charge is -2.32. The number of carboxylic acids is 1. The van der Waals surface area contributed by atoms with E-state index in [0.29, 0.717) is 12.5 Å². The van der Waals surface area contributed by atoms with Crippen LogP contribution in [0.3, 0.4) is 0 Å². The molecule has 0 unspecified atom stereocenters. The van der Waals surface area contributed by atoms with Crippen molar-refractivity contribution in [3.05, 3.63) is 0 Å². The standard InChI is InChI=1S/C8H15NO2/c9-5-7(4-8(10)11)6-2-1-3-6/h6-7H,1-5,9H2,(H,10,11)/t7-/m1/s1. The van der Waals surface area contributed by atoms with E-state index in [0.717, 1.165) is 0 Å². The van der Waals surface area contributed by atoms with E-state index < -0.39 is 5.97 Å². The second-order valence-electron chi connectivity index (χ2n) is 3.28. The third kappa shape index (κ3) is 2.19. The molecule has 1 aliphatic carbocycles. The molecule has 0 spiro atoms. The SMILES string of the molecule is NC[C@@H](CC(=O)O)C1CCC1. The molecular formula is C8H15NO2. The van der Waals surface area contributed by atoms with E-state index in [1.807, 2.05) is 0 Å². The van der Waals surface area contributed by atoms with Crippen molar-refractivity contribution in [3.8, 4) is 0 Å². The first kappa shape index (κ1) is 8.53. The molecule has 0 bridgehead atoms. The molecule has 0 saturated heterocycles. The van der Waals surface area contributed by atoms with Gasteiger partial charge in [0.2, 0.25) is 0 Å². The van der Waals surface area contributed by atoms with Crippen LogP contribution in [-0.4, -0.2) is 17.6 Å². The highest BCUT2D eigenvalue weighted by molar-refractivity contribution is 5.67. The molecule has 0 heterocycles. The van der Waals surface area contributed by atoms with Crippen LogP contribution in [0.1, 0.15) is 25.7 Å². The Morgan fingerprint density at radius 1 is 1.64 bits per heavy atom. The molecule has 1 fully saturated rings. The second kappa shape index (κ2) is 3.72. The molecule has 0 aromatic heterocycles. The fourth-order valence-corrected chi connectivity index (χ4v) is 1.58. The molecule has 0 amide bonds. The topological polar surface area (TPSA) is 63.3 Å². The summed E-state index contributed by atoms with van der Waals surface area (Å²) in [5.74, 6) is 0.102. The molecule has 1 rings (SSSR count). The molecule has 1 aliphatic rings. The number of hydrogen-bond donors (Lipinski definition) is 2. The summed E-state index contributed by atoms with van der Waals surface area (Å²) in [5, 5.41) is 8.53. The number of nitrogens with two attached hydrogens (primary N) is 1. The Labute approximate surface area is 66.6 Å². The molecule has 0 radical (unpaired) electrons. The van der Waals surface area contributed by atoms with Crippen molar-refractivity contribution in [1.29, 1.82) is 0 Å². The lowest BCUT2D eigenvalue weighted by molar-refractivity contribution is -0.138. The van der Waals surface area contributed by atoms with Crippen LogP contribution < -0.4 is 5.73 Å². The maximum atomic E-state index is 10.4. The van der Waals surface area contributed by atoms with Gasteiger partial charge in [0.1, 0.15) is 0 Å². The van der Waals surface area contributed by atoms with Gasteiger partial charge in [-0.3, -0.25) is 4.79 Å². The zero-order valence-corrected chi connectivity index (χ0v) is 6.62. The quantitative estimate of drug-likeness (QED) is 0.635. The van der Waals surface area contributed by atoms with E-state index in [1.165, 1.54) is 19.3 Å². The lowest BCUT2D eigenvalue weighted by Crippen LogP contribution is -2.30. The van der Waals surface area contributed by atoms with Crippen LogP contribution in [0, 0.1) is 11.8 Å². The average Bonchev–Trinajstić information content (AvgIpc) is 1.81. The van der Waals surface area contributed by atoms with Crippen LogP contribution in [0.15, 0.2) is 0 Å². The molecule has 1 atom stereocenters. The number of rotatable bonds is 4. The third-order valence-corrected chi connectivity index (χ3v) is 2.56. The van der Waals surface area contributed by atoms with E-state index in [1.54, 1.807) is 0 Å². The Kier molecular flexibility index (Phi) is 2.88. The molecule has 0 aromatic carbocycles. The van der Waals surface area contributed by atoms with Gasteiger partial charge in [0.15, 0.2) is 0 Å². The summed E-state index contributed by atoms with van der Waals surface area (Å²) in [6, 6.07) is 0. The average molecular weight is 157 g/mol. The van der Waals surface area contributed by atoms with E-state index in [9.17, 15) is 4.79 Å². The first-order chi connectivity index (χ1) is 5.24. The summed E-state index contributed by atoms with van der Waals surface area (Å²) in [6.45, 7) is 0.525. The van der Waals surface area contributed by atoms with Gasteiger partial charge in [-0.1, -0.05) is 19.3 Å². The van der Waals surface area contributed by atoms with Crippen LogP contribution in [0.5, 0.6) is 0 Å². The van der Waals surface area contributed by atoms with Crippen molar-refractivity contribution >= 4 is 5.97 Å².